The lowest BCUT2D eigenvalue weighted by Gasteiger charge is -2.16. The lowest BCUT2D eigenvalue weighted by atomic mass is 10.0. The summed E-state index contributed by atoms with van der Waals surface area (Å²) >= 11 is 18.7. The fourth-order valence-electron chi connectivity index (χ4n) is 3.99. The van der Waals surface area contributed by atoms with Crippen LogP contribution in [0.15, 0.2) is 83.8 Å². The van der Waals surface area contributed by atoms with E-state index in [-0.39, 0.29) is 21.5 Å². The normalized spacial score (nSPS) is 15.1. The van der Waals surface area contributed by atoms with Crippen molar-refractivity contribution in [3.8, 4) is 5.75 Å². The third-order valence-electron chi connectivity index (χ3n) is 5.83. The number of halogens is 5. The first-order valence-electron chi connectivity index (χ1n) is 11.2. The van der Waals surface area contributed by atoms with Crippen LogP contribution in [0.3, 0.4) is 0 Å². The summed E-state index contributed by atoms with van der Waals surface area (Å²) < 4.78 is 46.1. The molecule has 1 aliphatic heterocycles. The number of hydrogen-bond acceptors (Lipinski definition) is 4. The van der Waals surface area contributed by atoms with E-state index in [1.165, 1.54) is 12.1 Å². The molecule has 0 spiro atoms. The van der Waals surface area contributed by atoms with Crippen LogP contribution in [0.1, 0.15) is 16.7 Å². The van der Waals surface area contributed by atoms with Gasteiger partial charge in [0.1, 0.15) is 12.4 Å². The molecule has 1 aliphatic rings. The van der Waals surface area contributed by atoms with Gasteiger partial charge in [-0.2, -0.15) is 13.2 Å². The summed E-state index contributed by atoms with van der Waals surface area (Å²) in [6.07, 6.45) is -2.89. The van der Waals surface area contributed by atoms with E-state index in [4.69, 9.17) is 40.2 Å². The van der Waals surface area contributed by atoms with Gasteiger partial charge in [0.05, 0.1) is 16.2 Å². The Kier molecular flexibility index (Phi) is 7.42. The molecular formula is C28H16Cl2F3NO2S2. The zero-order chi connectivity index (χ0) is 27.0. The van der Waals surface area contributed by atoms with Crippen molar-refractivity contribution < 1.29 is 22.7 Å². The maximum atomic E-state index is 13.4. The summed E-state index contributed by atoms with van der Waals surface area (Å²) in [5.41, 5.74) is 0.555. The molecule has 0 radical (unpaired) electrons. The fourth-order valence-corrected chi connectivity index (χ4v) is 5.73. The highest BCUT2D eigenvalue weighted by molar-refractivity contribution is 8.27. The average molecular weight is 590 g/mol. The first-order valence-corrected chi connectivity index (χ1v) is 13.1. The van der Waals surface area contributed by atoms with Crippen molar-refractivity contribution in [2.45, 2.75) is 12.8 Å². The minimum Gasteiger partial charge on any atom is -0.488 e. The second kappa shape index (κ2) is 10.6. The molecule has 3 nitrogen and oxygen atoms in total. The second-order valence-corrected chi connectivity index (χ2v) is 10.8. The molecule has 1 amide bonds. The molecule has 192 valence electrons. The van der Waals surface area contributed by atoms with E-state index < -0.39 is 17.6 Å². The highest BCUT2D eigenvalue weighted by Crippen LogP contribution is 2.40. The lowest BCUT2D eigenvalue weighted by Crippen LogP contribution is -2.27. The van der Waals surface area contributed by atoms with Gasteiger partial charge in [-0.15, -0.1) is 0 Å². The summed E-state index contributed by atoms with van der Waals surface area (Å²) in [6, 6.07) is 20.9. The molecule has 1 heterocycles. The molecule has 0 atom stereocenters. The van der Waals surface area contributed by atoms with Crippen LogP contribution in [-0.4, -0.2) is 10.2 Å². The summed E-state index contributed by atoms with van der Waals surface area (Å²) in [6.45, 7) is 0.153. The van der Waals surface area contributed by atoms with Crippen LogP contribution in [-0.2, 0) is 17.6 Å². The van der Waals surface area contributed by atoms with Gasteiger partial charge in [-0.3, -0.25) is 9.69 Å². The molecule has 0 aromatic heterocycles. The van der Waals surface area contributed by atoms with Gasteiger partial charge >= 0.3 is 6.18 Å². The van der Waals surface area contributed by atoms with Crippen molar-refractivity contribution in [1.29, 1.82) is 0 Å². The molecule has 0 unspecified atom stereocenters. The molecule has 0 aliphatic carbocycles. The predicted octanol–water partition coefficient (Wildman–Crippen LogP) is 9.15. The largest absolute Gasteiger partial charge is 0.488 e. The fraction of sp³-hybridized carbons (Fsp3) is 0.0714. The molecule has 1 fully saturated rings. The zero-order valence-electron chi connectivity index (χ0n) is 19.3. The number of amides is 1. The van der Waals surface area contributed by atoms with E-state index in [2.05, 4.69) is 0 Å². The van der Waals surface area contributed by atoms with Gasteiger partial charge in [0.15, 0.2) is 4.32 Å². The lowest BCUT2D eigenvalue weighted by molar-refractivity contribution is -0.137. The van der Waals surface area contributed by atoms with E-state index in [0.29, 0.717) is 21.4 Å². The number of nitrogens with zero attached hydrogens (tertiary/aromatic N) is 1. The number of ether oxygens (including phenoxy) is 1. The molecule has 4 aromatic carbocycles. The van der Waals surface area contributed by atoms with Crippen LogP contribution in [0.5, 0.6) is 5.75 Å². The number of alkyl halides is 3. The highest BCUT2D eigenvalue weighted by Gasteiger charge is 2.36. The van der Waals surface area contributed by atoms with Crippen molar-refractivity contribution >= 4 is 79.9 Å². The van der Waals surface area contributed by atoms with Gasteiger partial charge in [-0.1, -0.05) is 89.6 Å². The maximum Gasteiger partial charge on any atom is 0.416 e. The standard InChI is InChI=1S/C28H16Cl2F3NO2S2/c29-19-10-8-17(23(30)13-19)15-36-24-11-9-16-4-1-2-7-21(16)22(24)14-25-26(35)34(27(37)38-25)20-6-3-5-18(12-20)28(31,32)33/h1-14H,15H2/b25-14+. The van der Waals surface area contributed by atoms with Gasteiger partial charge in [-0.05, 0) is 53.2 Å². The van der Waals surface area contributed by atoms with Crippen molar-refractivity contribution in [1.82, 2.24) is 0 Å². The molecule has 0 saturated carbocycles. The van der Waals surface area contributed by atoms with Crippen molar-refractivity contribution in [3.05, 3.63) is 111 Å². The van der Waals surface area contributed by atoms with Crippen LogP contribution in [0.25, 0.3) is 16.8 Å². The van der Waals surface area contributed by atoms with Gasteiger partial charge in [0.2, 0.25) is 0 Å². The van der Waals surface area contributed by atoms with Crippen molar-refractivity contribution in [2.75, 3.05) is 4.90 Å². The van der Waals surface area contributed by atoms with Crippen LogP contribution >= 0.6 is 47.2 Å². The first-order chi connectivity index (χ1) is 18.1. The number of thioether (sulfide) groups is 1. The number of anilines is 1. The van der Waals surface area contributed by atoms with Crippen molar-refractivity contribution in [3.63, 3.8) is 0 Å². The molecular weight excluding hydrogens is 574 g/mol. The number of rotatable bonds is 5. The Labute approximate surface area is 235 Å². The third-order valence-corrected chi connectivity index (χ3v) is 7.72. The summed E-state index contributed by atoms with van der Waals surface area (Å²) in [5.74, 6) is -0.0157. The topological polar surface area (TPSA) is 29.5 Å². The van der Waals surface area contributed by atoms with E-state index in [1.54, 1.807) is 30.3 Å². The maximum absolute atomic E-state index is 13.4. The van der Waals surface area contributed by atoms with Gasteiger partial charge < -0.3 is 4.74 Å². The number of hydrogen-bond donors (Lipinski definition) is 0. The Hall–Kier alpha value is -3.04. The molecule has 0 bridgehead atoms. The van der Waals surface area contributed by atoms with Crippen LogP contribution < -0.4 is 9.64 Å². The number of benzene rings is 4. The Morgan fingerprint density at radius 2 is 1.76 bits per heavy atom. The van der Waals surface area contributed by atoms with E-state index in [9.17, 15) is 18.0 Å². The molecule has 38 heavy (non-hydrogen) atoms. The predicted molar refractivity (Wildman–Crippen MR) is 152 cm³/mol. The monoisotopic (exact) mass is 589 g/mol. The first kappa shape index (κ1) is 26.6. The van der Waals surface area contributed by atoms with Gasteiger partial charge in [0, 0.05) is 21.2 Å². The zero-order valence-corrected chi connectivity index (χ0v) is 22.4. The average Bonchev–Trinajstić information content (AvgIpc) is 3.16. The smallest absolute Gasteiger partial charge is 0.416 e. The van der Waals surface area contributed by atoms with Crippen molar-refractivity contribution in [2.24, 2.45) is 0 Å². The highest BCUT2D eigenvalue weighted by atomic mass is 35.5. The molecule has 4 aromatic rings. The Bertz CT molecular complexity index is 1620. The van der Waals surface area contributed by atoms with Crippen LogP contribution in [0.4, 0.5) is 18.9 Å². The summed E-state index contributed by atoms with van der Waals surface area (Å²) in [5, 5.41) is 2.72. The minimum absolute atomic E-state index is 0.0532. The number of carbonyl (C=O) groups is 1. The SMILES string of the molecule is O=C1/C(=C\c2c(OCc3ccc(Cl)cc3Cl)ccc3ccccc23)SC(=S)N1c1cccc(C(F)(F)F)c1. The molecule has 0 N–H and O–H groups in total. The molecule has 1 saturated heterocycles. The van der Waals surface area contributed by atoms with Crippen LogP contribution in [0, 0.1) is 0 Å². The Morgan fingerprint density at radius 3 is 2.53 bits per heavy atom. The van der Waals surface area contributed by atoms with Gasteiger partial charge in [0.25, 0.3) is 5.91 Å². The van der Waals surface area contributed by atoms with E-state index in [0.717, 1.165) is 45.1 Å². The van der Waals surface area contributed by atoms with E-state index >= 15 is 0 Å². The molecule has 5 rings (SSSR count). The minimum atomic E-state index is -4.55. The van der Waals surface area contributed by atoms with E-state index in [1.807, 2.05) is 30.3 Å². The third kappa shape index (κ3) is 5.40. The summed E-state index contributed by atoms with van der Waals surface area (Å²) in [7, 11) is 0. The number of fused-ring (bicyclic) bond motifs is 1. The van der Waals surface area contributed by atoms with Gasteiger partial charge in [-0.25, -0.2) is 0 Å². The number of thiocarbonyl (C=S) groups is 1. The second-order valence-electron chi connectivity index (χ2n) is 8.29. The quantitative estimate of drug-likeness (QED) is 0.171. The number of carbonyl (C=O) groups excluding carboxylic acids is 1. The van der Waals surface area contributed by atoms with Crippen LogP contribution in [0.2, 0.25) is 10.0 Å². The summed E-state index contributed by atoms with van der Waals surface area (Å²) in [4.78, 5) is 14.8. The Balaban J connectivity index is 1.52. The Morgan fingerprint density at radius 1 is 0.974 bits per heavy atom. The molecule has 10 heteroatoms.